The summed E-state index contributed by atoms with van der Waals surface area (Å²) in [5, 5.41) is 13.9. The lowest BCUT2D eigenvalue weighted by atomic mass is 10.1. The number of aromatic hydroxyl groups is 1. The van der Waals surface area contributed by atoms with Crippen LogP contribution in [0.5, 0.6) is 5.75 Å². The third-order valence-corrected chi connectivity index (χ3v) is 3.27. The lowest BCUT2D eigenvalue weighted by Crippen LogP contribution is -1.90. The Hall–Kier alpha value is -2.11. The maximum Gasteiger partial charge on any atom is 0.231 e. The second-order valence-electron chi connectivity index (χ2n) is 4.34. The molecule has 106 valence electrons. The molecule has 0 saturated carbocycles. The maximum absolute atomic E-state index is 9.24. The van der Waals surface area contributed by atoms with Gasteiger partial charge in [-0.05, 0) is 23.8 Å². The summed E-state index contributed by atoms with van der Waals surface area (Å²) in [6.07, 6.45) is 1.93. The number of benzene rings is 1. The Balaban J connectivity index is 1.84. The Morgan fingerprint density at radius 2 is 1.90 bits per heavy atom. The molecule has 0 unspecified atom stereocenters. The number of nitrogens with zero attached hydrogens (tertiary/aromatic N) is 3. The van der Waals surface area contributed by atoms with Crippen LogP contribution in [0.4, 0.5) is 0 Å². The van der Waals surface area contributed by atoms with E-state index in [1.165, 1.54) is 6.20 Å². The smallest absolute Gasteiger partial charge is 0.231 e. The van der Waals surface area contributed by atoms with Crippen LogP contribution in [-0.4, -0.2) is 20.2 Å². The van der Waals surface area contributed by atoms with Crippen LogP contribution in [0.25, 0.3) is 11.5 Å². The number of phenols is 1. The molecule has 0 atom stereocenters. The molecule has 0 spiro atoms. The average molecular weight is 322 g/mol. The molecule has 2 heterocycles. The van der Waals surface area contributed by atoms with Gasteiger partial charge in [0.2, 0.25) is 11.7 Å². The van der Waals surface area contributed by atoms with Gasteiger partial charge in [0.15, 0.2) is 0 Å². The Bertz CT molecular complexity index is 772. The van der Waals surface area contributed by atoms with Gasteiger partial charge < -0.3 is 9.63 Å². The van der Waals surface area contributed by atoms with Crippen LogP contribution in [0.15, 0.2) is 41.1 Å². The molecule has 1 N–H and O–H groups in total. The lowest BCUT2D eigenvalue weighted by molar-refractivity contribution is 0.385. The highest BCUT2D eigenvalue weighted by Gasteiger charge is 2.14. The zero-order valence-electron chi connectivity index (χ0n) is 10.6. The molecule has 0 bridgehead atoms. The summed E-state index contributed by atoms with van der Waals surface area (Å²) in [6, 6.07) is 8.34. The SMILES string of the molecule is Oc1ccc(Cc2nc(-c3ncc(Cl)cc3Cl)no2)cc1. The van der Waals surface area contributed by atoms with Crippen molar-refractivity contribution in [2.24, 2.45) is 0 Å². The number of hydrogen-bond donors (Lipinski definition) is 1. The van der Waals surface area contributed by atoms with Crippen LogP contribution in [-0.2, 0) is 6.42 Å². The highest BCUT2D eigenvalue weighted by molar-refractivity contribution is 6.35. The van der Waals surface area contributed by atoms with E-state index in [0.29, 0.717) is 33.9 Å². The highest BCUT2D eigenvalue weighted by atomic mass is 35.5. The van der Waals surface area contributed by atoms with Crippen molar-refractivity contribution in [3.8, 4) is 17.3 Å². The molecule has 0 amide bonds. The quantitative estimate of drug-likeness (QED) is 0.795. The number of hydrogen-bond acceptors (Lipinski definition) is 5. The number of phenolic OH excluding ortho intramolecular Hbond substituents is 1. The van der Waals surface area contributed by atoms with Gasteiger partial charge in [-0.25, -0.2) is 4.98 Å². The molecule has 7 heteroatoms. The number of pyridine rings is 1. The molecular formula is C14H9Cl2N3O2. The van der Waals surface area contributed by atoms with E-state index in [1.54, 1.807) is 30.3 Å². The van der Waals surface area contributed by atoms with Crippen LogP contribution in [0, 0.1) is 0 Å². The van der Waals surface area contributed by atoms with E-state index in [1.807, 2.05) is 0 Å². The molecule has 0 aliphatic carbocycles. The van der Waals surface area contributed by atoms with Gasteiger partial charge in [0, 0.05) is 6.20 Å². The van der Waals surface area contributed by atoms with E-state index in [4.69, 9.17) is 27.7 Å². The highest BCUT2D eigenvalue weighted by Crippen LogP contribution is 2.26. The van der Waals surface area contributed by atoms with Gasteiger partial charge >= 0.3 is 0 Å². The Labute approximate surface area is 130 Å². The number of aromatic nitrogens is 3. The summed E-state index contributed by atoms with van der Waals surface area (Å²) in [5.41, 5.74) is 1.36. The van der Waals surface area contributed by atoms with Gasteiger partial charge in [0.25, 0.3) is 0 Å². The van der Waals surface area contributed by atoms with E-state index < -0.39 is 0 Å². The van der Waals surface area contributed by atoms with E-state index in [0.717, 1.165) is 5.56 Å². The third-order valence-electron chi connectivity index (χ3n) is 2.78. The molecule has 2 aromatic heterocycles. The van der Waals surface area contributed by atoms with Crippen molar-refractivity contribution in [1.29, 1.82) is 0 Å². The summed E-state index contributed by atoms with van der Waals surface area (Å²) in [4.78, 5) is 8.36. The molecule has 3 aromatic rings. The normalized spacial score (nSPS) is 10.8. The second kappa shape index (κ2) is 5.71. The summed E-state index contributed by atoms with van der Waals surface area (Å²) in [5.74, 6) is 0.955. The van der Waals surface area contributed by atoms with Crippen LogP contribution in [0.3, 0.4) is 0 Å². The Kier molecular flexibility index (Phi) is 3.77. The zero-order chi connectivity index (χ0) is 14.8. The second-order valence-corrected chi connectivity index (χ2v) is 5.18. The first kappa shape index (κ1) is 13.9. The minimum Gasteiger partial charge on any atom is -0.508 e. The number of rotatable bonds is 3. The van der Waals surface area contributed by atoms with E-state index in [9.17, 15) is 5.11 Å². The van der Waals surface area contributed by atoms with Crippen LogP contribution >= 0.6 is 23.2 Å². The first-order valence-corrected chi connectivity index (χ1v) is 6.79. The standard InChI is InChI=1S/C14H9Cl2N3O2/c15-9-6-11(16)13(17-7-9)14-18-12(21-19-14)5-8-1-3-10(20)4-2-8/h1-4,6-7,20H,5H2. The molecule has 0 saturated heterocycles. The zero-order valence-corrected chi connectivity index (χ0v) is 12.1. The molecule has 0 radical (unpaired) electrons. The van der Waals surface area contributed by atoms with E-state index in [2.05, 4.69) is 15.1 Å². The first-order valence-electron chi connectivity index (χ1n) is 6.04. The van der Waals surface area contributed by atoms with Crippen molar-refractivity contribution < 1.29 is 9.63 Å². The maximum atomic E-state index is 9.24. The average Bonchev–Trinajstić information content (AvgIpc) is 2.90. The summed E-state index contributed by atoms with van der Waals surface area (Å²) in [6.45, 7) is 0. The topological polar surface area (TPSA) is 72.0 Å². The van der Waals surface area contributed by atoms with Gasteiger partial charge in [0.1, 0.15) is 11.4 Å². The molecule has 5 nitrogen and oxygen atoms in total. The molecule has 0 aliphatic rings. The van der Waals surface area contributed by atoms with Crippen molar-refractivity contribution in [3.05, 3.63) is 58.0 Å². The summed E-state index contributed by atoms with van der Waals surface area (Å²) >= 11 is 11.9. The van der Waals surface area contributed by atoms with Gasteiger partial charge in [-0.1, -0.05) is 40.5 Å². The molecule has 3 rings (SSSR count). The monoisotopic (exact) mass is 321 g/mol. The van der Waals surface area contributed by atoms with Crippen LogP contribution in [0.1, 0.15) is 11.5 Å². The molecule has 0 aliphatic heterocycles. The fourth-order valence-electron chi connectivity index (χ4n) is 1.79. The van der Waals surface area contributed by atoms with E-state index in [-0.39, 0.29) is 5.75 Å². The van der Waals surface area contributed by atoms with Gasteiger partial charge in [0.05, 0.1) is 16.5 Å². The lowest BCUT2D eigenvalue weighted by Gasteiger charge is -1.98. The van der Waals surface area contributed by atoms with Gasteiger partial charge in [-0.3, -0.25) is 0 Å². The van der Waals surface area contributed by atoms with Crippen LogP contribution in [0.2, 0.25) is 10.0 Å². The molecular weight excluding hydrogens is 313 g/mol. The first-order chi connectivity index (χ1) is 10.1. The van der Waals surface area contributed by atoms with Crippen molar-refractivity contribution in [3.63, 3.8) is 0 Å². The predicted octanol–water partition coefficient (Wildman–Crippen LogP) is 3.73. The minimum atomic E-state index is 0.210. The third kappa shape index (κ3) is 3.15. The molecule has 1 aromatic carbocycles. The van der Waals surface area contributed by atoms with Gasteiger partial charge in [-0.15, -0.1) is 0 Å². The van der Waals surface area contributed by atoms with Crippen molar-refractivity contribution >= 4 is 23.2 Å². The molecule has 21 heavy (non-hydrogen) atoms. The van der Waals surface area contributed by atoms with E-state index >= 15 is 0 Å². The minimum absolute atomic E-state index is 0.210. The van der Waals surface area contributed by atoms with Crippen molar-refractivity contribution in [2.45, 2.75) is 6.42 Å². The summed E-state index contributed by atoms with van der Waals surface area (Å²) in [7, 11) is 0. The fourth-order valence-corrected chi connectivity index (χ4v) is 2.25. The van der Waals surface area contributed by atoms with Crippen molar-refractivity contribution in [2.75, 3.05) is 0 Å². The fraction of sp³-hybridized carbons (Fsp3) is 0.0714. The largest absolute Gasteiger partial charge is 0.508 e. The Morgan fingerprint density at radius 3 is 2.62 bits per heavy atom. The summed E-state index contributed by atoms with van der Waals surface area (Å²) < 4.78 is 5.18. The van der Waals surface area contributed by atoms with Gasteiger partial charge in [-0.2, -0.15) is 4.98 Å². The predicted molar refractivity (Wildman–Crippen MR) is 78.5 cm³/mol. The molecule has 0 fully saturated rings. The Morgan fingerprint density at radius 1 is 1.14 bits per heavy atom. The van der Waals surface area contributed by atoms with Crippen LogP contribution < -0.4 is 0 Å². The number of halogens is 2. The van der Waals surface area contributed by atoms with Crippen molar-refractivity contribution in [1.82, 2.24) is 15.1 Å².